The van der Waals surface area contributed by atoms with Crippen LogP contribution in [0.15, 0.2) is 12.4 Å². The van der Waals surface area contributed by atoms with E-state index in [1.54, 1.807) is 0 Å². The minimum absolute atomic E-state index is 0.521. The van der Waals surface area contributed by atoms with Crippen LogP contribution in [0.1, 0.15) is 31.7 Å². The molecule has 4 nitrogen and oxygen atoms in total. The maximum Gasteiger partial charge on any atom is 0.225 e. The van der Waals surface area contributed by atoms with E-state index in [1.165, 1.54) is 19.3 Å². The number of hydrogen-bond acceptors (Lipinski definition) is 4. The minimum Gasteiger partial charge on any atom is -0.338 e. The summed E-state index contributed by atoms with van der Waals surface area (Å²) in [6.45, 7) is 5.89. The van der Waals surface area contributed by atoms with Crippen LogP contribution in [0.25, 0.3) is 0 Å². The van der Waals surface area contributed by atoms with Gasteiger partial charge in [0, 0.05) is 25.0 Å². The predicted molar refractivity (Wildman–Crippen MR) is 70.0 cm³/mol. The van der Waals surface area contributed by atoms with Gasteiger partial charge in [0.05, 0.1) is 0 Å². The Kier molecular flexibility index (Phi) is 3.94. The number of hydrogen-bond donors (Lipinski definition) is 1. The largest absolute Gasteiger partial charge is 0.338 e. The second-order valence-corrected chi connectivity index (χ2v) is 4.84. The highest BCUT2D eigenvalue weighted by atomic mass is 15.3. The molecule has 17 heavy (non-hydrogen) atoms. The molecule has 0 bridgehead atoms. The van der Waals surface area contributed by atoms with E-state index in [2.05, 4.69) is 21.8 Å². The first-order chi connectivity index (χ1) is 8.26. The Hall–Kier alpha value is -1.16. The van der Waals surface area contributed by atoms with Crippen molar-refractivity contribution < 1.29 is 0 Å². The quantitative estimate of drug-likeness (QED) is 0.862. The summed E-state index contributed by atoms with van der Waals surface area (Å²) in [5.41, 5.74) is 6.95. The summed E-state index contributed by atoms with van der Waals surface area (Å²) < 4.78 is 0. The topological polar surface area (TPSA) is 55.0 Å². The van der Waals surface area contributed by atoms with Gasteiger partial charge in [-0.25, -0.2) is 9.97 Å². The molecule has 1 heterocycles. The summed E-state index contributed by atoms with van der Waals surface area (Å²) in [5.74, 6) is 1.45. The van der Waals surface area contributed by atoms with Crippen LogP contribution in [0.5, 0.6) is 0 Å². The Bertz CT molecular complexity index is 349. The fraction of sp³-hybridized carbons (Fsp3) is 0.692. The third kappa shape index (κ3) is 2.57. The summed E-state index contributed by atoms with van der Waals surface area (Å²) in [4.78, 5) is 11.2. The van der Waals surface area contributed by atoms with E-state index < -0.39 is 0 Å². The lowest BCUT2D eigenvalue weighted by Crippen LogP contribution is -2.41. The highest BCUT2D eigenvalue weighted by Gasteiger charge is 2.31. The molecule has 0 amide bonds. The molecule has 2 N–H and O–H groups in total. The van der Waals surface area contributed by atoms with Crippen LogP contribution in [0.2, 0.25) is 0 Å². The number of aryl methyl sites for hydroxylation is 1. The maximum atomic E-state index is 5.85. The zero-order chi connectivity index (χ0) is 12.3. The zero-order valence-electron chi connectivity index (χ0n) is 10.8. The Labute approximate surface area is 103 Å². The van der Waals surface area contributed by atoms with Crippen LogP contribution in [0.4, 0.5) is 5.95 Å². The predicted octanol–water partition coefficient (Wildman–Crippen LogP) is 1.74. The molecule has 1 saturated carbocycles. The molecular formula is C13H22N4. The third-order valence-electron chi connectivity index (χ3n) is 3.69. The van der Waals surface area contributed by atoms with Crippen LogP contribution < -0.4 is 10.6 Å². The molecular weight excluding hydrogens is 212 g/mol. The molecule has 2 atom stereocenters. The van der Waals surface area contributed by atoms with Gasteiger partial charge in [-0.1, -0.05) is 6.42 Å². The minimum atomic E-state index is 0.521. The van der Waals surface area contributed by atoms with Crippen LogP contribution in [0, 0.1) is 12.8 Å². The average Bonchev–Trinajstić information content (AvgIpc) is 2.81. The van der Waals surface area contributed by atoms with Crippen molar-refractivity contribution in [1.29, 1.82) is 0 Å². The number of aromatic nitrogens is 2. The van der Waals surface area contributed by atoms with E-state index in [0.717, 1.165) is 24.6 Å². The van der Waals surface area contributed by atoms with Crippen LogP contribution in [-0.2, 0) is 0 Å². The number of nitrogens with zero attached hydrogens (tertiary/aromatic N) is 3. The lowest BCUT2D eigenvalue weighted by atomic mass is 10.0. The molecule has 1 aliphatic rings. The summed E-state index contributed by atoms with van der Waals surface area (Å²) in [5, 5.41) is 0. The lowest BCUT2D eigenvalue weighted by Gasteiger charge is -2.31. The second-order valence-electron chi connectivity index (χ2n) is 4.84. The second kappa shape index (κ2) is 5.45. The molecule has 1 aromatic heterocycles. The van der Waals surface area contributed by atoms with Crippen molar-refractivity contribution in [2.75, 3.05) is 18.0 Å². The monoisotopic (exact) mass is 234 g/mol. The normalized spacial score (nSPS) is 23.9. The van der Waals surface area contributed by atoms with Gasteiger partial charge >= 0.3 is 0 Å². The van der Waals surface area contributed by atoms with E-state index in [9.17, 15) is 0 Å². The average molecular weight is 234 g/mol. The van der Waals surface area contributed by atoms with Gasteiger partial charge in [-0.05, 0) is 44.7 Å². The maximum absolute atomic E-state index is 5.85. The van der Waals surface area contributed by atoms with Gasteiger partial charge in [0.25, 0.3) is 0 Å². The first kappa shape index (κ1) is 12.3. The van der Waals surface area contributed by atoms with Gasteiger partial charge in [-0.2, -0.15) is 0 Å². The molecule has 1 aromatic rings. The summed E-state index contributed by atoms with van der Waals surface area (Å²) in [7, 11) is 0. The van der Waals surface area contributed by atoms with E-state index >= 15 is 0 Å². The summed E-state index contributed by atoms with van der Waals surface area (Å²) >= 11 is 0. The third-order valence-corrected chi connectivity index (χ3v) is 3.69. The Morgan fingerprint density at radius 3 is 2.65 bits per heavy atom. The highest BCUT2D eigenvalue weighted by molar-refractivity contribution is 5.32. The molecule has 0 spiro atoms. The molecule has 0 radical (unpaired) electrons. The Morgan fingerprint density at radius 1 is 1.35 bits per heavy atom. The fourth-order valence-corrected chi connectivity index (χ4v) is 2.76. The Morgan fingerprint density at radius 2 is 2.06 bits per heavy atom. The van der Waals surface area contributed by atoms with Crippen LogP contribution >= 0.6 is 0 Å². The van der Waals surface area contributed by atoms with Crippen LogP contribution in [0.3, 0.4) is 0 Å². The smallest absolute Gasteiger partial charge is 0.225 e. The van der Waals surface area contributed by atoms with Gasteiger partial charge in [-0.3, -0.25) is 0 Å². The molecule has 1 aliphatic carbocycles. The van der Waals surface area contributed by atoms with Crippen molar-refractivity contribution in [1.82, 2.24) is 9.97 Å². The van der Waals surface area contributed by atoms with Crippen molar-refractivity contribution in [3.63, 3.8) is 0 Å². The van der Waals surface area contributed by atoms with Crippen molar-refractivity contribution in [3.8, 4) is 0 Å². The number of rotatable bonds is 4. The molecule has 94 valence electrons. The van der Waals surface area contributed by atoms with E-state index in [-0.39, 0.29) is 0 Å². The van der Waals surface area contributed by atoms with Crippen LogP contribution in [-0.4, -0.2) is 29.1 Å². The van der Waals surface area contributed by atoms with Gasteiger partial charge in [-0.15, -0.1) is 0 Å². The first-order valence-electron chi connectivity index (χ1n) is 6.51. The fourth-order valence-electron chi connectivity index (χ4n) is 2.76. The molecule has 0 saturated heterocycles. The lowest BCUT2D eigenvalue weighted by molar-refractivity contribution is 0.456. The van der Waals surface area contributed by atoms with Gasteiger partial charge in [0.1, 0.15) is 0 Å². The van der Waals surface area contributed by atoms with Gasteiger partial charge in [0.2, 0.25) is 5.95 Å². The van der Waals surface area contributed by atoms with E-state index in [4.69, 9.17) is 5.73 Å². The first-order valence-corrected chi connectivity index (χ1v) is 6.51. The molecule has 2 rings (SSSR count). The Balaban J connectivity index is 2.18. The molecule has 2 unspecified atom stereocenters. The summed E-state index contributed by atoms with van der Waals surface area (Å²) in [6.07, 6.45) is 7.50. The van der Waals surface area contributed by atoms with Gasteiger partial charge < -0.3 is 10.6 Å². The van der Waals surface area contributed by atoms with E-state index in [1.807, 2.05) is 19.3 Å². The van der Waals surface area contributed by atoms with Crippen molar-refractivity contribution >= 4 is 5.95 Å². The SMILES string of the molecule is CCN(c1ncc(C)cn1)C1CCCC1CN. The number of nitrogens with two attached hydrogens (primary N) is 1. The molecule has 1 fully saturated rings. The standard InChI is InChI=1S/C13H22N4/c1-3-17(12-6-4-5-11(12)7-14)13-15-8-10(2)9-16-13/h8-9,11-12H,3-7,14H2,1-2H3. The zero-order valence-corrected chi connectivity index (χ0v) is 10.8. The molecule has 0 aliphatic heterocycles. The van der Waals surface area contributed by atoms with Gasteiger partial charge in [0.15, 0.2) is 0 Å². The van der Waals surface area contributed by atoms with E-state index in [0.29, 0.717) is 12.0 Å². The number of anilines is 1. The van der Waals surface area contributed by atoms with Crippen molar-refractivity contribution in [3.05, 3.63) is 18.0 Å². The summed E-state index contributed by atoms with van der Waals surface area (Å²) in [6, 6.07) is 0.521. The molecule has 0 aromatic carbocycles. The van der Waals surface area contributed by atoms with Crippen molar-refractivity contribution in [2.24, 2.45) is 11.7 Å². The highest BCUT2D eigenvalue weighted by Crippen LogP contribution is 2.30. The van der Waals surface area contributed by atoms with Crippen molar-refractivity contribution in [2.45, 2.75) is 39.2 Å². The molecule has 4 heteroatoms.